The van der Waals surface area contributed by atoms with Gasteiger partial charge in [-0.05, 0) is 37.8 Å². The number of nitrogens with one attached hydrogen (secondary N) is 1. The molecule has 0 spiro atoms. The van der Waals surface area contributed by atoms with E-state index in [9.17, 15) is 23.5 Å². The topological polar surface area (TPSA) is 69.6 Å². The number of nitrogens with zero attached hydrogens (tertiary/aromatic N) is 1. The lowest BCUT2D eigenvalue weighted by molar-refractivity contribution is -0.132. The third-order valence-electron chi connectivity index (χ3n) is 4.10. The molecule has 1 fully saturated rings. The molecule has 2 rings (SSSR count). The fourth-order valence-corrected chi connectivity index (χ4v) is 2.69. The zero-order valence-corrected chi connectivity index (χ0v) is 12.9. The summed E-state index contributed by atoms with van der Waals surface area (Å²) >= 11 is 0. The van der Waals surface area contributed by atoms with Crippen molar-refractivity contribution in [2.45, 2.75) is 25.9 Å². The maximum absolute atomic E-state index is 13.1. The second-order valence-electron chi connectivity index (χ2n) is 5.80. The van der Waals surface area contributed by atoms with E-state index in [0.717, 1.165) is 12.1 Å². The molecule has 1 atom stereocenters. The maximum Gasteiger partial charge on any atom is 0.251 e. The van der Waals surface area contributed by atoms with Gasteiger partial charge in [0.05, 0.1) is 12.6 Å². The van der Waals surface area contributed by atoms with Gasteiger partial charge in [-0.25, -0.2) is 8.78 Å². The van der Waals surface area contributed by atoms with Crippen LogP contribution in [0.3, 0.4) is 0 Å². The number of rotatable bonds is 4. The van der Waals surface area contributed by atoms with Crippen LogP contribution in [0.15, 0.2) is 18.2 Å². The number of hydrogen-bond acceptors (Lipinski definition) is 3. The number of hydrogen-bond donors (Lipinski definition) is 2. The summed E-state index contributed by atoms with van der Waals surface area (Å²) in [5.74, 6) is -2.46. The first-order valence-corrected chi connectivity index (χ1v) is 7.57. The van der Waals surface area contributed by atoms with Gasteiger partial charge in [0.1, 0.15) is 11.6 Å². The molecule has 0 unspecified atom stereocenters. The Hall–Kier alpha value is -2.02. The Labute approximate surface area is 133 Å². The van der Waals surface area contributed by atoms with Crippen LogP contribution < -0.4 is 5.32 Å². The van der Waals surface area contributed by atoms with Crippen LogP contribution in [-0.4, -0.2) is 47.6 Å². The lowest BCUT2D eigenvalue weighted by atomic mass is 9.92. The predicted octanol–water partition coefficient (Wildman–Crippen LogP) is 1.31. The molecule has 7 heteroatoms. The first kappa shape index (κ1) is 17.3. The lowest BCUT2D eigenvalue weighted by Crippen LogP contribution is -2.45. The van der Waals surface area contributed by atoms with Crippen molar-refractivity contribution in [2.75, 3.05) is 19.6 Å². The molecule has 1 aliphatic heterocycles. The quantitative estimate of drug-likeness (QED) is 0.877. The molecule has 1 aliphatic rings. The predicted molar refractivity (Wildman–Crippen MR) is 79.7 cm³/mol. The summed E-state index contributed by atoms with van der Waals surface area (Å²) in [7, 11) is 0. The lowest BCUT2D eigenvalue weighted by Gasteiger charge is -2.33. The Morgan fingerprint density at radius 3 is 2.35 bits per heavy atom. The monoisotopic (exact) mass is 326 g/mol. The molecule has 2 N–H and O–H groups in total. The van der Waals surface area contributed by atoms with E-state index in [1.54, 1.807) is 11.8 Å². The van der Waals surface area contributed by atoms with Crippen LogP contribution >= 0.6 is 0 Å². The molecule has 23 heavy (non-hydrogen) atoms. The number of aliphatic hydroxyl groups is 1. The molecule has 5 nitrogen and oxygen atoms in total. The van der Waals surface area contributed by atoms with Gasteiger partial charge in [0.15, 0.2) is 0 Å². The van der Waals surface area contributed by atoms with Crippen molar-refractivity contribution in [2.24, 2.45) is 5.92 Å². The molecule has 0 saturated carbocycles. The summed E-state index contributed by atoms with van der Waals surface area (Å²) in [6, 6.07) is 2.50. The molecular weight excluding hydrogens is 306 g/mol. The summed E-state index contributed by atoms with van der Waals surface area (Å²) in [6.07, 6.45) is 1.04. The number of amides is 2. The van der Waals surface area contributed by atoms with Crippen molar-refractivity contribution in [3.63, 3.8) is 0 Å². The number of benzene rings is 1. The van der Waals surface area contributed by atoms with Crippen molar-refractivity contribution < 1.29 is 23.5 Å². The molecule has 1 aromatic carbocycles. The van der Waals surface area contributed by atoms with E-state index in [1.807, 2.05) is 0 Å². The standard InChI is InChI=1S/C16H20F2N2O3/c1-10(21)11-2-4-20(5-3-11)15(22)9-19-16(23)12-6-13(17)8-14(18)7-12/h6-8,10-11,21H,2-5,9H2,1H3,(H,19,23)/t10-/m1/s1. The van der Waals surface area contributed by atoms with E-state index in [4.69, 9.17) is 0 Å². The number of carbonyl (C=O) groups is 2. The Balaban J connectivity index is 1.83. The third-order valence-corrected chi connectivity index (χ3v) is 4.10. The molecule has 0 radical (unpaired) electrons. The molecule has 2 amide bonds. The molecule has 1 heterocycles. The van der Waals surface area contributed by atoms with Crippen LogP contribution in [0.1, 0.15) is 30.1 Å². The smallest absolute Gasteiger partial charge is 0.251 e. The first-order valence-electron chi connectivity index (χ1n) is 7.57. The van der Waals surface area contributed by atoms with E-state index in [2.05, 4.69) is 5.32 Å². The Morgan fingerprint density at radius 2 is 1.83 bits per heavy atom. The highest BCUT2D eigenvalue weighted by molar-refractivity contribution is 5.96. The van der Waals surface area contributed by atoms with Crippen molar-refractivity contribution in [1.82, 2.24) is 10.2 Å². The summed E-state index contributed by atoms with van der Waals surface area (Å²) in [5, 5.41) is 11.9. The minimum Gasteiger partial charge on any atom is -0.393 e. The average Bonchev–Trinajstić information content (AvgIpc) is 2.51. The number of carbonyl (C=O) groups excluding carboxylic acids is 2. The summed E-state index contributed by atoms with van der Waals surface area (Å²) in [5.41, 5.74) is -0.164. The normalized spacial score (nSPS) is 17.0. The number of likely N-dealkylation sites (tertiary alicyclic amines) is 1. The van der Waals surface area contributed by atoms with Gasteiger partial charge in [-0.15, -0.1) is 0 Å². The first-order chi connectivity index (χ1) is 10.9. The van der Waals surface area contributed by atoms with Crippen LogP contribution in [-0.2, 0) is 4.79 Å². The second-order valence-corrected chi connectivity index (χ2v) is 5.80. The molecule has 0 bridgehead atoms. The van der Waals surface area contributed by atoms with Crippen molar-refractivity contribution in [1.29, 1.82) is 0 Å². The highest BCUT2D eigenvalue weighted by Crippen LogP contribution is 2.20. The summed E-state index contributed by atoms with van der Waals surface area (Å²) in [6.45, 7) is 2.56. The van der Waals surface area contributed by atoms with Crippen LogP contribution in [0.2, 0.25) is 0 Å². The Bertz CT molecular complexity index is 564. The van der Waals surface area contributed by atoms with E-state index in [-0.39, 0.29) is 23.9 Å². The largest absolute Gasteiger partial charge is 0.393 e. The second kappa shape index (κ2) is 7.50. The van der Waals surface area contributed by atoms with Gasteiger partial charge < -0.3 is 15.3 Å². The minimum absolute atomic E-state index is 0.164. The van der Waals surface area contributed by atoms with Gasteiger partial charge in [0.25, 0.3) is 5.91 Å². The van der Waals surface area contributed by atoms with Crippen molar-refractivity contribution >= 4 is 11.8 Å². The molecule has 1 saturated heterocycles. The van der Waals surface area contributed by atoms with Crippen LogP contribution in [0.5, 0.6) is 0 Å². The van der Waals surface area contributed by atoms with E-state index < -0.39 is 23.6 Å². The van der Waals surface area contributed by atoms with Crippen LogP contribution in [0.25, 0.3) is 0 Å². The molecule has 0 aromatic heterocycles. The van der Waals surface area contributed by atoms with Gasteiger partial charge in [-0.3, -0.25) is 9.59 Å². The van der Waals surface area contributed by atoms with Crippen LogP contribution in [0.4, 0.5) is 8.78 Å². The summed E-state index contributed by atoms with van der Waals surface area (Å²) in [4.78, 5) is 25.5. The number of piperidine rings is 1. The van der Waals surface area contributed by atoms with E-state index >= 15 is 0 Å². The minimum atomic E-state index is -0.846. The fourth-order valence-electron chi connectivity index (χ4n) is 2.69. The SMILES string of the molecule is C[C@@H](O)C1CCN(C(=O)CNC(=O)c2cc(F)cc(F)c2)CC1. The Kier molecular flexibility index (Phi) is 5.65. The zero-order valence-electron chi connectivity index (χ0n) is 12.9. The van der Waals surface area contributed by atoms with E-state index in [1.165, 1.54) is 0 Å². The highest BCUT2D eigenvalue weighted by Gasteiger charge is 2.25. The van der Waals surface area contributed by atoms with Crippen molar-refractivity contribution in [3.05, 3.63) is 35.4 Å². The summed E-state index contributed by atoms with van der Waals surface area (Å²) < 4.78 is 26.1. The van der Waals surface area contributed by atoms with Gasteiger partial charge >= 0.3 is 0 Å². The molecular formula is C16H20F2N2O3. The zero-order chi connectivity index (χ0) is 17.0. The Morgan fingerprint density at radius 1 is 1.26 bits per heavy atom. The van der Waals surface area contributed by atoms with Crippen LogP contribution in [0, 0.1) is 17.6 Å². The molecule has 1 aromatic rings. The molecule has 0 aliphatic carbocycles. The van der Waals surface area contributed by atoms with Crippen molar-refractivity contribution in [3.8, 4) is 0 Å². The van der Waals surface area contributed by atoms with Gasteiger partial charge in [0, 0.05) is 24.7 Å². The highest BCUT2D eigenvalue weighted by atomic mass is 19.1. The number of halogens is 2. The van der Waals surface area contributed by atoms with Gasteiger partial charge in [0.2, 0.25) is 5.91 Å². The fraction of sp³-hybridized carbons (Fsp3) is 0.500. The van der Waals surface area contributed by atoms with Gasteiger partial charge in [-0.1, -0.05) is 0 Å². The maximum atomic E-state index is 13.1. The average molecular weight is 326 g/mol. The molecule has 126 valence electrons. The van der Waals surface area contributed by atoms with E-state index in [0.29, 0.717) is 32.0 Å². The third kappa shape index (κ3) is 4.72. The van der Waals surface area contributed by atoms with Gasteiger partial charge in [-0.2, -0.15) is 0 Å². The number of aliphatic hydroxyl groups excluding tert-OH is 1.